The topological polar surface area (TPSA) is 21.3 Å². The number of benzene rings is 4. The van der Waals surface area contributed by atoms with Crippen LogP contribution in [0.1, 0.15) is 68.5 Å². The number of hydrogen-bond donors (Lipinski definition) is 1. The second kappa shape index (κ2) is 9.77. The van der Waals surface area contributed by atoms with Crippen molar-refractivity contribution in [2.75, 3.05) is 11.9 Å². The number of unbranched alkanes of at least 4 members (excludes halogenated alkanes) is 4. The molecule has 2 nitrogen and oxygen atoms in total. The summed E-state index contributed by atoms with van der Waals surface area (Å²) in [5.41, 5.74) is 4.07. The standard InChI is InChI=1S/C33H35NO/c1-2-3-4-5-10-20-35-25-18-19-31-30(22-25)28-16-11-17-29(28)33(34-31)32-26-14-8-6-12-23(26)21-24-13-7-9-15-27(24)32/h6-9,11-16,18-19,21-22,28-29,33-34H,2-5,10,17,20H2,1H3. The summed E-state index contributed by atoms with van der Waals surface area (Å²) in [5, 5.41) is 9.35. The highest BCUT2D eigenvalue weighted by Gasteiger charge is 2.39. The van der Waals surface area contributed by atoms with Gasteiger partial charge in [0.2, 0.25) is 0 Å². The van der Waals surface area contributed by atoms with Crippen LogP contribution in [0, 0.1) is 5.92 Å². The van der Waals surface area contributed by atoms with Crippen molar-refractivity contribution in [1.29, 1.82) is 0 Å². The molecule has 3 atom stereocenters. The highest BCUT2D eigenvalue weighted by Crippen LogP contribution is 2.52. The van der Waals surface area contributed by atoms with Gasteiger partial charge in [-0.05, 0) is 75.7 Å². The maximum absolute atomic E-state index is 6.18. The molecule has 2 heteroatoms. The fourth-order valence-electron chi connectivity index (χ4n) is 6.23. The van der Waals surface area contributed by atoms with Gasteiger partial charge in [-0.25, -0.2) is 0 Å². The van der Waals surface area contributed by atoms with E-state index >= 15 is 0 Å². The molecule has 0 aromatic heterocycles. The van der Waals surface area contributed by atoms with Crippen molar-refractivity contribution >= 4 is 27.2 Å². The van der Waals surface area contributed by atoms with Crippen LogP contribution >= 0.6 is 0 Å². The summed E-state index contributed by atoms with van der Waals surface area (Å²) in [5.74, 6) is 1.93. The van der Waals surface area contributed by atoms with Crippen LogP contribution in [-0.2, 0) is 0 Å². The number of anilines is 1. The molecule has 178 valence electrons. The molecular weight excluding hydrogens is 426 g/mol. The van der Waals surface area contributed by atoms with Gasteiger partial charge in [0.25, 0.3) is 0 Å². The van der Waals surface area contributed by atoms with Gasteiger partial charge in [0.15, 0.2) is 0 Å². The van der Waals surface area contributed by atoms with E-state index in [-0.39, 0.29) is 6.04 Å². The molecule has 0 radical (unpaired) electrons. The average Bonchev–Trinajstić information content (AvgIpc) is 3.39. The molecule has 0 amide bonds. The Balaban J connectivity index is 1.34. The van der Waals surface area contributed by atoms with Crippen LogP contribution in [-0.4, -0.2) is 6.61 Å². The average molecular weight is 462 g/mol. The zero-order valence-corrected chi connectivity index (χ0v) is 20.7. The fraction of sp³-hybridized carbons (Fsp3) is 0.333. The van der Waals surface area contributed by atoms with E-state index in [1.165, 1.54) is 64.0 Å². The molecular formula is C33H35NO. The largest absolute Gasteiger partial charge is 0.494 e. The Morgan fingerprint density at radius 1 is 0.829 bits per heavy atom. The second-order valence-electron chi connectivity index (χ2n) is 10.2. The van der Waals surface area contributed by atoms with Crippen molar-refractivity contribution < 1.29 is 4.74 Å². The molecule has 1 heterocycles. The first-order valence-electron chi connectivity index (χ1n) is 13.4. The first-order valence-corrected chi connectivity index (χ1v) is 13.4. The molecule has 1 aliphatic heterocycles. The normalized spacial score (nSPS) is 20.5. The van der Waals surface area contributed by atoms with Crippen LogP contribution in [0.5, 0.6) is 5.75 Å². The van der Waals surface area contributed by atoms with Crippen LogP contribution < -0.4 is 10.1 Å². The van der Waals surface area contributed by atoms with E-state index in [1.54, 1.807) is 0 Å². The van der Waals surface area contributed by atoms with Crippen LogP contribution in [0.3, 0.4) is 0 Å². The number of rotatable bonds is 8. The monoisotopic (exact) mass is 461 g/mol. The van der Waals surface area contributed by atoms with Gasteiger partial charge in [0.05, 0.1) is 12.6 Å². The van der Waals surface area contributed by atoms with E-state index in [0.29, 0.717) is 11.8 Å². The van der Waals surface area contributed by atoms with Crippen LogP contribution in [0.4, 0.5) is 5.69 Å². The van der Waals surface area contributed by atoms with Crippen molar-refractivity contribution in [2.24, 2.45) is 5.92 Å². The van der Waals surface area contributed by atoms with Crippen LogP contribution in [0.15, 0.2) is 84.9 Å². The van der Waals surface area contributed by atoms with Crippen LogP contribution in [0.25, 0.3) is 21.5 Å². The lowest BCUT2D eigenvalue weighted by Gasteiger charge is -2.38. The lowest BCUT2D eigenvalue weighted by Crippen LogP contribution is -2.29. The first kappa shape index (κ1) is 22.2. The summed E-state index contributed by atoms with van der Waals surface area (Å²) in [6.07, 6.45) is 12.2. The lowest BCUT2D eigenvalue weighted by molar-refractivity contribution is 0.303. The minimum atomic E-state index is 0.267. The summed E-state index contributed by atoms with van der Waals surface area (Å²) in [6, 6.07) is 27.0. The zero-order valence-electron chi connectivity index (χ0n) is 20.7. The SMILES string of the molecule is CCCCCCCOc1ccc2c(c1)C1C=CCC1C(c1c3ccccc3cc3ccccc13)N2. The zero-order chi connectivity index (χ0) is 23.6. The third-order valence-corrected chi connectivity index (χ3v) is 7.97. The molecule has 2 aliphatic rings. The molecule has 1 aliphatic carbocycles. The van der Waals surface area contributed by atoms with Gasteiger partial charge in [-0.3, -0.25) is 0 Å². The molecule has 0 fully saturated rings. The predicted molar refractivity (Wildman–Crippen MR) is 149 cm³/mol. The molecule has 0 bridgehead atoms. The smallest absolute Gasteiger partial charge is 0.119 e. The van der Waals surface area contributed by atoms with Crippen molar-refractivity contribution in [3.05, 3.63) is 96.1 Å². The fourth-order valence-corrected chi connectivity index (χ4v) is 6.23. The van der Waals surface area contributed by atoms with Gasteiger partial charge < -0.3 is 10.1 Å². The Morgan fingerprint density at radius 2 is 1.57 bits per heavy atom. The maximum Gasteiger partial charge on any atom is 0.119 e. The van der Waals surface area contributed by atoms with Gasteiger partial charge in [-0.1, -0.05) is 93.3 Å². The molecule has 0 spiro atoms. The van der Waals surface area contributed by atoms with E-state index < -0.39 is 0 Å². The molecule has 3 unspecified atom stereocenters. The molecule has 6 rings (SSSR count). The number of hydrogen-bond acceptors (Lipinski definition) is 2. The van der Waals surface area contributed by atoms with E-state index in [0.717, 1.165) is 25.2 Å². The Hall–Kier alpha value is -3.26. The van der Waals surface area contributed by atoms with Gasteiger partial charge >= 0.3 is 0 Å². The van der Waals surface area contributed by atoms with E-state index in [4.69, 9.17) is 4.74 Å². The Morgan fingerprint density at radius 3 is 2.34 bits per heavy atom. The summed E-state index contributed by atoms with van der Waals surface area (Å²) < 4.78 is 6.18. The van der Waals surface area contributed by atoms with Gasteiger partial charge in [0.1, 0.15) is 5.75 Å². The minimum Gasteiger partial charge on any atom is -0.494 e. The molecule has 1 N–H and O–H groups in total. The highest BCUT2D eigenvalue weighted by molar-refractivity contribution is 6.03. The lowest BCUT2D eigenvalue weighted by atomic mass is 9.75. The second-order valence-corrected chi connectivity index (χ2v) is 10.2. The van der Waals surface area contributed by atoms with Crippen LogP contribution in [0.2, 0.25) is 0 Å². The number of fused-ring (bicyclic) bond motifs is 5. The Bertz CT molecular complexity index is 1320. The summed E-state index contributed by atoms with van der Waals surface area (Å²) in [6.45, 7) is 3.07. The molecule has 4 aromatic carbocycles. The summed E-state index contributed by atoms with van der Waals surface area (Å²) >= 11 is 0. The molecule has 4 aromatic rings. The quantitative estimate of drug-likeness (QED) is 0.160. The third-order valence-electron chi connectivity index (χ3n) is 7.97. The summed E-state index contributed by atoms with van der Waals surface area (Å²) in [4.78, 5) is 0. The minimum absolute atomic E-state index is 0.267. The Labute approximate surface area is 209 Å². The van der Waals surface area contributed by atoms with Crippen molar-refractivity contribution in [2.45, 2.75) is 57.4 Å². The maximum atomic E-state index is 6.18. The Kier molecular flexibility index (Phi) is 6.21. The van der Waals surface area contributed by atoms with Gasteiger partial charge in [-0.15, -0.1) is 0 Å². The number of allylic oxidation sites excluding steroid dienone is 2. The highest BCUT2D eigenvalue weighted by atomic mass is 16.5. The van der Waals surface area contributed by atoms with Crippen molar-refractivity contribution in [3.63, 3.8) is 0 Å². The van der Waals surface area contributed by atoms with Gasteiger partial charge in [-0.2, -0.15) is 0 Å². The molecule has 0 saturated heterocycles. The summed E-state index contributed by atoms with van der Waals surface area (Å²) in [7, 11) is 0. The first-order chi connectivity index (χ1) is 17.3. The van der Waals surface area contributed by atoms with Gasteiger partial charge in [0, 0.05) is 11.6 Å². The molecule has 35 heavy (non-hydrogen) atoms. The number of ether oxygens (including phenoxy) is 1. The third kappa shape index (κ3) is 4.20. The number of nitrogens with one attached hydrogen (secondary N) is 1. The predicted octanol–water partition coefficient (Wildman–Crippen LogP) is 9.17. The molecule has 0 saturated carbocycles. The van der Waals surface area contributed by atoms with E-state index in [9.17, 15) is 0 Å². The van der Waals surface area contributed by atoms with Crippen molar-refractivity contribution in [1.82, 2.24) is 0 Å². The van der Waals surface area contributed by atoms with E-state index in [1.807, 2.05) is 0 Å². The van der Waals surface area contributed by atoms with Crippen molar-refractivity contribution in [3.8, 4) is 5.75 Å². The van der Waals surface area contributed by atoms with E-state index in [2.05, 4.69) is 97.2 Å².